The maximum absolute atomic E-state index is 12.1. The number of hydrogen-bond donors (Lipinski definition) is 1. The molecule has 2 rings (SSSR count). The lowest BCUT2D eigenvalue weighted by molar-refractivity contribution is 0.103. The monoisotopic (exact) mass is 266 g/mol. The smallest absolute Gasteiger partial charge is 0.194 e. The van der Waals surface area contributed by atoms with E-state index in [-0.39, 0.29) is 11.5 Å². The van der Waals surface area contributed by atoms with Gasteiger partial charge in [0.05, 0.1) is 5.02 Å². The van der Waals surface area contributed by atoms with E-state index < -0.39 is 0 Å². The van der Waals surface area contributed by atoms with Crippen LogP contribution in [0.3, 0.4) is 0 Å². The van der Waals surface area contributed by atoms with Crippen LogP contribution in [0.25, 0.3) is 0 Å². The number of phenols is 1. The fraction of sp³-hybridized carbons (Fsp3) is 0. The van der Waals surface area contributed by atoms with Crippen molar-refractivity contribution in [1.82, 2.24) is 0 Å². The predicted molar refractivity (Wildman–Crippen MR) is 68.0 cm³/mol. The van der Waals surface area contributed by atoms with Crippen LogP contribution in [0.5, 0.6) is 5.75 Å². The Morgan fingerprint density at radius 3 is 2.24 bits per heavy atom. The Kier molecular flexibility index (Phi) is 3.36. The molecule has 0 saturated carbocycles. The van der Waals surface area contributed by atoms with Gasteiger partial charge >= 0.3 is 0 Å². The molecular formula is C13H8Cl2O2. The lowest BCUT2D eigenvalue weighted by atomic mass is 10.0. The molecule has 0 atom stereocenters. The van der Waals surface area contributed by atoms with E-state index in [4.69, 9.17) is 28.3 Å². The van der Waals surface area contributed by atoms with Gasteiger partial charge in [-0.05, 0) is 42.5 Å². The Hall–Kier alpha value is -1.51. The lowest BCUT2D eigenvalue weighted by Gasteiger charge is -2.04. The molecule has 2 nitrogen and oxygen atoms in total. The van der Waals surface area contributed by atoms with Gasteiger partial charge in [0, 0.05) is 16.1 Å². The van der Waals surface area contributed by atoms with E-state index in [9.17, 15) is 4.79 Å². The van der Waals surface area contributed by atoms with Crippen LogP contribution in [0.1, 0.15) is 15.9 Å². The number of ketones is 1. The zero-order valence-electron chi connectivity index (χ0n) is 8.65. The van der Waals surface area contributed by atoms with Crippen molar-refractivity contribution in [3.05, 3.63) is 63.6 Å². The molecule has 0 heterocycles. The van der Waals surface area contributed by atoms with E-state index in [1.165, 1.54) is 18.2 Å². The van der Waals surface area contributed by atoms with E-state index in [0.29, 0.717) is 21.2 Å². The van der Waals surface area contributed by atoms with Crippen molar-refractivity contribution in [3.63, 3.8) is 0 Å². The first-order valence-electron chi connectivity index (χ1n) is 4.87. The summed E-state index contributed by atoms with van der Waals surface area (Å²) in [4.78, 5) is 12.1. The first-order valence-corrected chi connectivity index (χ1v) is 5.62. The van der Waals surface area contributed by atoms with E-state index in [0.717, 1.165) is 0 Å². The standard InChI is InChI=1S/C13H8Cl2O2/c14-9-3-6-11(12(15)7-9)13(17)8-1-4-10(16)5-2-8/h1-7,16H. The third kappa shape index (κ3) is 2.60. The highest BCUT2D eigenvalue weighted by Crippen LogP contribution is 2.24. The highest BCUT2D eigenvalue weighted by atomic mass is 35.5. The second kappa shape index (κ2) is 4.78. The van der Waals surface area contributed by atoms with Crippen LogP contribution in [0.4, 0.5) is 0 Å². The van der Waals surface area contributed by atoms with Crippen molar-refractivity contribution >= 4 is 29.0 Å². The zero-order chi connectivity index (χ0) is 12.4. The number of halogens is 2. The summed E-state index contributed by atoms with van der Waals surface area (Å²) in [6, 6.07) is 10.7. The highest BCUT2D eigenvalue weighted by molar-refractivity contribution is 6.37. The molecule has 0 aromatic heterocycles. The van der Waals surface area contributed by atoms with E-state index in [1.54, 1.807) is 24.3 Å². The van der Waals surface area contributed by atoms with Gasteiger partial charge in [0.1, 0.15) is 5.75 Å². The normalized spacial score (nSPS) is 10.2. The molecule has 0 unspecified atom stereocenters. The predicted octanol–water partition coefficient (Wildman–Crippen LogP) is 3.93. The first kappa shape index (κ1) is 12.0. The summed E-state index contributed by atoms with van der Waals surface area (Å²) >= 11 is 11.7. The molecule has 0 amide bonds. The van der Waals surface area contributed by atoms with Crippen LogP contribution in [0.15, 0.2) is 42.5 Å². The Labute approximate surface area is 108 Å². The van der Waals surface area contributed by atoms with E-state index >= 15 is 0 Å². The van der Waals surface area contributed by atoms with Crippen LogP contribution in [0, 0.1) is 0 Å². The van der Waals surface area contributed by atoms with Gasteiger partial charge in [-0.3, -0.25) is 4.79 Å². The van der Waals surface area contributed by atoms with Crippen molar-refractivity contribution in [2.24, 2.45) is 0 Å². The molecule has 0 spiro atoms. The number of carbonyl (C=O) groups is 1. The molecule has 1 N–H and O–H groups in total. The van der Waals surface area contributed by atoms with Gasteiger partial charge in [-0.25, -0.2) is 0 Å². The second-order valence-corrected chi connectivity index (χ2v) is 4.34. The molecule has 0 fully saturated rings. The molecule has 0 saturated heterocycles. The van der Waals surface area contributed by atoms with E-state index in [1.807, 2.05) is 0 Å². The summed E-state index contributed by atoms with van der Waals surface area (Å²) in [5, 5.41) is 9.94. The minimum atomic E-state index is -0.202. The molecule has 0 radical (unpaired) electrons. The summed E-state index contributed by atoms with van der Waals surface area (Å²) < 4.78 is 0. The topological polar surface area (TPSA) is 37.3 Å². The second-order valence-electron chi connectivity index (χ2n) is 3.50. The van der Waals surface area contributed by atoms with Crippen molar-refractivity contribution in [2.45, 2.75) is 0 Å². The lowest BCUT2D eigenvalue weighted by Crippen LogP contribution is -2.01. The van der Waals surface area contributed by atoms with Crippen molar-refractivity contribution in [2.75, 3.05) is 0 Å². The van der Waals surface area contributed by atoms with Gasteiger partial charge in [0.25, 0.3) is 0 Å². The molecule has 0 aliphatic rings. The van der Waals surface area contributed by atoms with Crippen molar-refractivity contribution < 1.29 is 9.90 Å². The maximum atomic E-state index is 12.1. The Balaban J connectivity index is 2.40. The molecule has 2 aromatic carbocycles. The minimum absolute atomic E-state index is 0.115. The molecule has 0 aliphatic carbocycles. The van der Waals surface area contributed by atoms with Gasteiger partial charge < -0.3 is 5.11 Å². The number of benzene rings is 2. The Morgan fingerprint density at radius 1 is 1.00 bits per heavy atom. The SMILES string of the molecule is O=C(c1ccc(O)cc1)c1ccc(Cl)cc1Cl. The average molecular weight is 267 g/mol. The van der Waals surface area contributed by atoms with E-state index in [2.05, 4.69) is 0 Å². The van der Waals surface area contributed by atoms with Crippen LogP contribution in [-0.2, 0) is 0 Å². The van der Waals surface area contributed by atoms with Gasteiger partial charge in [0.2, 0.25) is 0 Å². The van der Waals surface area contributed by atoms with Crippen LogP contribution in [0.2, 0.25) is 10.0 Å². The molecule has 86 valence electrons. The summed E-state index contributed by atoms with van der Waals surface area (Å²) in [5.74, 6) is -0.0876. The number of carbonyl (C=O) groups excluding carboxylic acids is 1. The Bertz CT molecular complexity index is 562. The van der Waals surface area contributed by atoms with Crippen LogP contribution in [-0.4, -0.2) is 10.9 Å². The van der Waals surface area contributed by atoms with Gasteiger partial charge in [-0.15, -0.1) is 0 Å². The molecule has 4 heteroatoms. The zero-order valence-corrected chi connectivity index (χ0v) is 10.2. The quantitative estimate of drug-likeness (QED) is 0.837. The third-order valence-electron chi connectivity index (χ3n) is 2.31. The summed E-state index contributed by atoms with van der Waals surface area (Å²) in [7, 11) is 0. The number of rotatable bonds is 2. The van der Waals surface area contributed by atoms with Crippen molar-refractivity contribution in [1.29, 1.82) is 0 Å². The summed E-state index contributed by atoms with van der Waals surface area (Å²) in [5.41, 5.74) is 0.855. The van der Waals surface area contributed by atoms with Crippen LogP contribution < -0.4 is 0 Å². The summed E-state index contributed by atoms with van der Waals surface area (Å²) in [6.07, 6.45) is 0. The molecule has 0 aliphatic heterocycles. The fourth-order valence-electron chi connectivity index (χ4n) is 1.44. The number of aromatic hydroxyl groups is 1. The highest BCUT2D eigenvalue weighted by Gasteiger charge is 2.12. The minimum Gasteiger partial charge on any atom is -0.508 e. The average Bonchev–Trinajstić information content (AvgIpc) is 2.29. The molecular weight excluding hydrogens is 259 g/mol. The van der Waals surface area contributed by atoms with Gasteiger partial charge in [-0.2, -0.15) is 0 Å². The Morgan fingerprint density at radius 2 is 1.65 bits per heavy atom. The summed E-state index contributed by atoms with van der Waals surface area (Å²) in [6.45, 7) is 0. The molecule has 0 bridgehead atoms. The number of hydrogen-bond acceptors (Lipinski definition) is 2. The van der Waals surface area contributed by atoms with Gasteiger partial charge in [-0.1, -0.05) is 23.2 Å². The van der Waals surface area contributed by atoms with Gasteiger partial charge in [0.15, 0.2) is 5.78 Å². The maximum Gasteiger partial charge on any atom is 0.194 e. The first-order chi connectivity index (χ1) is 8.08. The molecule has 17 heavy (non-hydrogen) atoms. The van der Waals surface area contributed by atoms with Crippen molar-refractivity contribution in [3.8, 4) is 5.75 Å². The molecule has 2 aromatic rings. The number of phenolic OH excluding ortho intramolecular Hbond substituents is 1. The fourth-order valence-corrected chi connectivity index (χ4v) is 1.94. The third-order valence-corrected chi connectivity index (χ3v) is 2.85. The largest absolute Gasteiger partial charge is 0.508 e. The van der Waals surface area contributed by atoms with Crippen LogP contribution >= 0.6 is 23.2 Å².